The topological polar surface area (TPSA) is 161 Å². The van der Waals surface area contributed by atoms with Gasteiger partial charge in [-0.3, -0.25) is 14.4 Å². The molecule has 13 heteroatoms. The molecule has 40 heavy (non-hydrogen) atoms. The number of likely N-dealkylation sites (tertiary alicyclic amines) is 2. The molecule has 2 aromatic heterocycles. The molecule has 0 spiro atoms. The normalized spacial score (nSPS) is 19.9. The predicted molar refractivity (Wildman–Crippen MR) is 145 cm³/mol. The molecule has 3 aromatic rings. The van der Waals surface area contributed by atoms with Gasteiger partial charge in [0.2, 0.25) is 17.7 Å². The smallest absolute Gasteiger partial charge is 0.316 e. The number of ether oxygens (including phenoxy) is 1. The van der Waals surface area contributed by atoms with E-state index in [-0.39, 0.29) is 62.2 Å². The molecule has 0 aliphatic carbocycles. The van der Waals surface area contributed by atoms with Gasteiger partial charge in [-0.15, -0.1) is 5.10 Å². The minimum Gasteiger partial charge on any atom is -0.460 e. The summed E-state index contributed by atoms with van der Waals surface area (Å²) in [5.41, 5.74) is 8.75. The van der Waals surface area contributed by atoms with E-state index >= 15 is 0 Å². The number of nitrogens with zero attached hydrogens (tertiary/aromatic N) is 7. The summed E-state index contributed by atoms with van der Waals surface area (Å²) in [6, 6.07) is 5.92. The zero-order valence-corrected chi connectivity index (χ0v) is 22.6. The first-order chi connectivity index (χ1) is 19.4. The van der Waals surface area contributed by atoms with Gasteiger partial charge in [0.05, 0.1) is 11.6 Å². The molecular weight excluding hydrogens is 514 g/mol. The van der Waals surface area contributed by atoms with Crippen LogP contribution in [0.15, 0.2) is 36.7 Å². The Morgan fingerprint density at radius 3 is 2.70 bits per heavy atom. The van der Waals surface area contributed by atoms with Crippen LogP contribution in [0.1, 0.15) is 44.1 Å². The summed E-state index contributed by atoms with van der Waals surface area (Å²) >= 11 is 0. The summed E-state index contributed by atoms with van der Waals surface area (Å²) in [4.78, 5) is 51.0. The van der Waals surface area contributed by atoms with Crippen molar-refractivity contribution in [2.45, 2.75) is 63.3 Å². The van der Waals surface area contributed by atoms with E-state index in [2.05, 4.69) is 25.6 Å². The summed E-state index contributed by atoms with van der Waals surface area (Å²) in [6.45, 7) is 2.06. The molecule has 1 unspecified atom stereocenters. The Hall–Kier alpha value is -4.13. The van der Waals surface area contributed by atoms with Crippen molar-refractivity contribution in [3.8, 4) is 6.01 Å². The van der Waals surface area contributed by atoms with Crippen LogP contribution in [0.3, 0.4) is 0 Å². The number of fused-ring (bicyclic) bond motifs is 1. The first-order valence-corrected chi connectivity index (χ1v) is 13.7. The Morgan fingerprint density at radius 2 is 1.93 bits per heavy atom. The Bertz CT molecular complexity index is 1340. The van der Waals surface area contributed by atoms with Crippen molar-refractivity contribution < 1.29 is 19.1 Å². The summed E-state index contributed by atoms with van der Waals surface area (Å²) in [5, 5.41) is 11.1. The van der Waals surface area contributed by atoms with Gasteiger partial charge in [-0.05, 0) is 43.0 Å². The number of hydrogen-bond donors (Lipinski definition) is 2. The van der Waals surface area contributed by atoms with Crippen LogP contribution in [0.4, 0.5) is 0 Å². The van der Waals surface area contributed by atoms with Crippen LogP contribution in [-0.2, 0) is 28.0 Å². The van der Waals surface area contributed by atoms with Gasteiger partial charge in [-0.2, -0.15) is 0 Å². The molecule has 5 rings (SSSR count). The van der Waals surface area contributed by atoms with Crippen molar-refractivity contribution in [3.63, 3.8) is 0 Å². The zero-order valence-electron chi connectivity index (χ0n) is 22.6. The van der Waals surface area contributed by atoms with Crippen molar-refractivity contribution in [1.82, 2.24) is 40.1 Å². The van der Waals surface area contributed by atoms with E-state index in [1.807, 2.05) is 30.1 Å². The summed E-state index contributed by atoms with van der Waals surface area (Å²) < 4.78 is 7.62. The average molecular weight is 550 g/mol. The minimum atomic E-state index is -0.879. The maximum atomic E-state index is 13.5. The van der Waals surface area contributed by atoms with Gasteiger partial charge in [0.1, 0.15) is 17.7 Å². The second-order valence-corrected chi connectivity index (χ2v) is 10.3. The number of nitrogens with two attached hydrogens (primary N) is 1. The number of piperidine rings is 1. The van der Waals surface area contributed by atoms with Gasteiger partial charge < -0.3 is 25.6 Å². The monoisotopic (exact) mass is 549 g/mol. The van der Waals surface area contributed by atoms with Crippen molar-refractivity contribution >= 4 is 28.8 Å². The van der Waals surface area contributed by atoms with Crippen LogP contribution in [0.2, 0.25) is 0 Å². The molecule has 3 N–H and O–H groups in total. The number of nitrogens with one attached hydrogen (secondary N) is 1. The fourth-order valence-electron chi connectivity index (χ4n) is 5.29. The van der Waals surface area contributed by atoms with E-state index in [0.29, 0.717) is 6.42 Å². The lowest BCUT2D eigenvalue weighted by atomic mass is 9.96. The van der Waals surface area contributed by atoms with Crippen LogP contribution >= 0.6 is 0 Å². The molecule has 1 aromatic carbocycles. The third-order valence-corrected chi connectivity index (χ3v) is 7.54. The van der Waals surface area contributed by atoms with E-state index < -0.39 is 12.1 Å². The van der Waals surface area contributed by atoms with Crippen LogP contribution in [-0.4, -0.2) is 90.3 Å². The van der Waals surface area contributed by atoms with Crippen LogP contribution in [0.25, 0.3) is 11.0 Å². The number of carbonyl (C=O) groups excluding carboxylic acids is 3. The van der Waals surface area contributed by atoms with Crippen LogP contribution < -0.4 is 15.8 Å². The summed E-state index contributed by atoms with van der Waals surface area (Å²) in [6.07, 6.45) is 6.02. The fraction of sp³-hybridized carbons (Fsp3) is 0.519. The quantitative estimate of drug-likeness (QED) is 0.388. The Kier molecular flexibility index (Phi) is 8.48. The molecule has 3 atom stereocenters. The number of amides is 3. The summed E-state index contributed by atoms with van der Waals surface area (Å²) in [5.74, 6) is -0.634. The van der Waals surface area contributed by atoms with Gasteiger partial charge in [0.25, 0.3) is 0 Å². The molecule has 0 bridgehead atoms. The number of aryl methyl sites for hydroxylation is 1. The molecule has 212 valence electrons. The second-order valence-electron chi connectivity index (χ2n) is 10.3. The highest BCUT2D eigenvalue weighted by molar-refractivity contribution is 5.90. The van der Waals surface area contributed by atoms with Gasteiger partial charge >= 0.3 is 6.01 Å². The highest BCUT2D eigenvalue weighted by Gasteiger charge is 2.39. The Morgan fingerprint density at radius 1 is 1.15 bits per heavy atom. The predicted octanol–water partition coefficient (Wildman–Crippen LogP) is 0.543. The van der Waals surface area contributed by atoms with Crippen LogP contribution in [0, 0.1) is 0 Å². The maximum Gasteiger partial charge on any atom is 0.316 e. The SMILES string of the molecule is Cn1nnc2cc(CNC(=O)[C@@H]3CC(Oc4ncccn4)CCN3C(=O)[C@H](N)CCC(=O)N3CCCC3)ccc21. The zero-order chi connectivity index (χ0) is 28.1. The van der Waals surface area contributed by atoms with Crippen LogP contribution in [0.5, 0.6) is 6.01 Å². The third-order valence-electron chi connectivity index (χ3n) is 7.54. The highest BCUT2D eigenvalue weighted by Crippen LogP contribution is 2.23. The average Bonchev–Trinajstić information content (AvgIpc) is 3.65. The largest absolute Gasteiger partial charge is 0.460 e. The van der Waals surface area contributed by atoms with Crippen molar-refractivity contribution in [3.05, 3.63) is 42.2 Å². The molecule has 2 aliphatic heterocycles. The standard InChI is InChI=1S/C27H35N9O4/c1-34-22-7-5-18(15-21(22)32-33-34)17-31-25(38)23-16-19(40-27-29-10-4-11-30-27)9-14-36(23)26(39)20(28)6-8-24(37)35-12-2-3-13-35/h4-5,7,10-11,15,19-20,23H,2-3,6,8-9,12-14,16-17,28H2,1H3,(H,31,38)/t19?,20-,23+/m1/s1. The highest BCUT2D eigenvalue weighted by atomic mass is 16.5. The lowest BCUT2D eigenvalue weighted by Gasteiger charge is -2.39. The Balaban J connectivity index is 1.25. The van der Waals surface area contributed by atoms with Gasteiger partial charge in [0, 0.05) is 64.9 Å². The molecule has 0 saturated carbocycles. The number of hydrogen-bond acceptors (Lipinski definition) is 9. The molecule has 3 amide bonds. The lowest BCUT2D eigenvalue weighted by Crippen LogP contribution is -2.58. The molecule has 2 saturated heterocycles. The molecule has 0 radical (unpaired) electrons. The van der Waals surface area contributed by atoms with E-state index in [1.54, 1.807) is 23.1 Å². The first-order valence-electron chi connectivity index (χ1n) is 13.7. The van der Waals surface area contributed by atoms with Gasteiger partial charge in [-0.25, -0.2) is 14.6 Å². The molecule has 2 fully saturated rings. The van der Waals surface area contributed by atoms with Crippen molar-refractivity contribution in [1.29, 1.82) is 0 Å². The fourth-order valence-corrected chi connectivity index (χ4v) is 5.29. The second kappa shape index (κ2) is 12.4. The first kappa shape index (κ1) is 27.4. The van der Waals surface area contributed by atoms with E-state index in [0.717, 1.165) is 42.5 Å². The number of aromatic nitrogens is 5. The number of benzene rings is 1. The third kappa shape index (κ3) is 6.36. The minimum absolute atomic E-state index is 0.0186. The number of carbonyl (C=O) groups is 3. The molecule has 4 heterocycles. The molecule has 13 nitrogen and oxygen atoms in total. The van der Waals surface area contributed by atoms with Gasteiger partial charge in [0.15, 0.2) is 0 Å². The summed E-state index contributed by atoms with van der Waals surface area (Å²) in [7, 11) is 1.82. The van der Waals surface area contributed by atoms with E-state index in [9.17, 15) is 14.4 Å². The maximum absolute atomic E-state index is 13.5. The van der Waals surface area contributed by atoms with Crippen molar-refractivity contribution in [2.75, 3.05) is 19.6 Å². The van der Waals surface area contributed by atoms with Gasteiger partial charge in [-0.1, -0.05) is 11.3 Å². The Labute approximate surface area is 232 Å². The molecular formula is C27H35N9O4. The van der Waals surface area contributed by atoms with E-state index in [4.69, 9.17) is 10.5 Å². The van der Waals surface area contributed by atoms with Crippen molar-refractivity contribution in [2.24, 2.45) is 12.8 Å². The molecule has 2 aliphatic rings. The number of rotatable bonds is 9. The lowest BCUT2D eigenvalue weighted by molar-refractivity contribution is -0.145. The van der Waals surface area contributed by atoms with E-state index in [1.165, 1.54) is 4.90 Å².